The third kappa shape index (κ3) is 4.57. The van der Waals surface area contributed by atoms with Crippen molar-refractivity contribution in [1.82, 2.24) is 15.3 Å². The lowest BCUT2D eigenvalue weighted by molar-refractivity contribution is 0.0985. The number of sulfone groups is 1. The molecule has 1 aromatic carbocycles. The SMILES string of the molecule is C[C@H]1COCCN1c1cc(C2(S(=O)(=O)C3CC3)CC2)nc(-c2ccc(NC(=O)NC3(CO)CC3)cc2)n1. The Kier molecular flexibility index (Phi) is 5.92. The molecule has 3 N–H and O–H groups in total. The van der Waals surface area contributed by atoms with E-state index in [1.807, 2.05) is 18.2 Å². The van der Waals surface area contributed by atoms with Gasteiger partial charge in [-0.3, -0.25) is 0 Å². The molecule has 1 aromatic heterocycles. The van der Waals surface area contributed by atoms with Crippen LogP contribution < -0.4 is 15.5 Å². The van der Waals surface area contributed by atoms with Crippen molar-refractivity contribution in [1.29, 1.82) is 0 Å². The molecule has 0 spiro atoms. The second kappa shape index (κ2) is 8.92. The largest absolute Gasteiger partial charge is 0.394 e. The Balaban J connectivity index is 1.31. The summed E-state index contributed by atoms with van der Waals surface area (Å²) in [7, 11) is -3.31. The summed E-state index contributed by atoms with van der Waals surface area (Å²) in [6.45, 7) is 3.84. The van der Waals surface area contributed by atoms with Gasteiger partial charge in [0, 0.05) is 23.9 Å². The van der Waals surface area contributed by atoms with Crippen LogP contribution in [0.5, 0.6) is 0 Å². The van der Waals surface area contributed by atoms with Crippen molar-refractivity contribution < 1.29 is 23.1 Å². The number of morpholine rings is 1. The van der Waals surface area contributed by atoms with Gasteiger partial charge in [0.15, 0.2) is 15.7 Å². The Hall–Kier alpha value is -2.76. The normalized spacial score (nSPS) is 23.8. The number of urea groups is 1. The Morgan fingerprint density at radius 3 is 2.49 bits per heavy atom. The van der Waals surface area contributed by atoms with Gasteiger partial charge in [-0.2, -0.15) is 0 Å². The maximum Gasteiger partial charge on any atom is 0.319 e. The second-order valence-corrected chi connectivity index (χ2v) is 13.4. The topological polar surface area (TPSA) is 134 Å². The lowest BCUT2D eigenvalue weighted by atomic mass is 10.1. The van der Waals surface area contributed by atoms with Gasteiger partial charge < -0.3 is 25.4 Å². The van der Waals surface area contributed by atoms with E-state index in [2.05, 4.69) is 22.5 Å². The summed E-state index contributed by atoms with van der Waals surface area (Å²) in [4.78, 5) is 24.2. The minimum atomic E-state index is -3.31. The first-order valence-electron chi connectivity index (χ1n) is 13.0. The molecule has 2 aromatic rings. The third-order valence-electron chi connectivity index (χ3n) is 7.99. The molecule has 2 amide bonds. The van der Waals surface area contributed by atoms with Gasteiger partial charge in [-0.25, -0.2) is 23.2 Å². The van der Waals surface area contributed by atoms with Gasteiger partial charge >= 0.3 is 6.03 Å². The highest BCUT2D eigenvalue weighted by atomic mass is 32.2. The summed E-state index contributed by atoms with van der Waals surface area (Å²) >= 11 is 0. The second-order valence-electron chi connectivity index (χ2n) is 10.9. The van der Waals surface area contributed by atoms with Crippen LogP contribution in [0.4, 0.5) is 16.3 Å². The van der Waals surface area contributed by atoms with Crippen molar-refractivity contribution in [2.45, 2.75) is 67.0 Å². The number of anilines is 2. The molecule has 4 fully saturated rings. The Morgan fingerprint density at radius 1 is 1.16 bits per heavy atom. The van der Waals surface area contributed by atoms with E-state index in [0.29, 0.717) is 55.6 Å². The van der Waals surface area contributed by atoms with Gasteiger partial charge in [-0.05, 0) is 69.7 Å². The van der Waals surface area contributed by atoms with Crippen LogP contribution in [-0.2, 0) is 19.3 Å². The smallest absolute Gasteiger partial charge is 0.319 e. The molecule has 11 heteroatoms. The van der Waals surface area contributed by atoms with Gasteiger partial charge in [0.05, 0.1) is 42.3 Å². The number of carbonyl (C=O) groups excluding carboxylic acids is 1. The van der Waals surface area contributed by atoms with Crippen LogP contribution in [0.25, 0.3) is 11.4 Å². The molecule has 10 nitrogen and oxygen atoms in total. The number of hydrogen-bond donors (Lipinski definition) is 3. The maximum absolute atomic E-state index is 13.4. The summed E-state index contributed by atoms with van der Waals surface area (Å²) in [6.07, 6.45) is 4.19. The molecule has 0 unspecified atom stereocenters. The summed E-state index contributed by atoms with van der Waals surface area (Å²) in [6, 6.07) is 8.82. The predicted octanol–water partition coefficient (Wildman–Crippen LogP) is 2.58. The fourth-order valence-electron chi connectivity index (χ4n) is 5.09. The third-order valence-corrected chi connectivity index (χ3v) is 11.0. The van der Waals surface area contributed by atoms with Crippen LogP contribution in [-0.4, -0.2) is 72.7 Å². The van der Waals surface area contributed by atoms with Gasteiger partial charge in [0.2, 0.25) is 0 Å². The molecule has 3 saturated carbocycles. The highest BCUT2D eigenvalue weighted by Gasteiger charge is 2.61. The predicted molar refractivity (Wildman–Crippen MR) is 139 cm³/mol. The van der Waals surface area contributed by atoms with Crippen LogP contribution in [0.2, 0.25) is 0 Å². The summed E-state index contributed by atoms with van der Waals surface area (Å²) in [5.41, 5.74) is 1.43. The van der Waals surface area contributed by atoms with E-state index in [4.69, 9.17) is 14.7 Å². The lowest BCUT2D eigenvalue weighted by Crippen LogP contribution is -2.44. The van der Waals surface area contributed by atoms with E-state index in [0.717, 1.165) is 31.2 Å². The van der Waals surface area contributed by atoms with Crippen LogP contribution in [0, 0.1) is 0 Å². The van der Waals surface area contributed by atoms with Crippen molar-refractivity contribution in [2.24, 2.45) is 0 Å². The van der Waals surface area contributed by atoms with Crippen molar-refractivity contribution in [3.05, 3.63) is 36.0 Å². The number of nitrogens with one attached hydrogen (secondary N) is 2. The van der Waals surface area contributed by atoms with Gasteiger partial charge in [-0.15, -0.1) is 0 Å². The number of rotatable bonds is 8. The molecule has 1 atom stereocenters. The highest BCUT2D eigenvalue weighted by Crippen LogP contribution is 2.57. The van der Waals surface area contributed by atoms with E-state index >= 15 is 0 Å². The standard InChI is InChI=1S/C26H33N5O5S/c1-17-15-36-13-12-31(17)22-14-21(26(10-11-26)37(34,35)20-6-7-20)28-23(29-22)18-2-4-19(5-3-18)27-24(33)30-25(16-32)8-9-25/h2-5,14,17,20,32H,6-13,15-16H2,1H3,(H2,27,30,33)/t17-/m0/s1. The number of aliphatic hydroxyl groups excluding tert-OH is 1. The molecule has 3 aliphatic carbocycles. The number of amides is 2. The number of carbonyl (C=O) groups is 1. The number of benzene rings is 1. The zero-order chi connectivity index (χ0) is 25.8. The van der Waals surface area contributed by atoms with E-state index in [9.17, 15) is 18.3 Å². The number of ether oxygens (including phenoxy) is 1. The monoisotopic (exact) mass is 527 g/mol. The quantitative estimate of drug-likeness (QED) is 0.477. The van der Waals surface area contributed by atoms with Crippen LogP contribution >= 0.6 is 0 Å². The number of aromatic nitrogens is 2. The van der Waals surface area contributed by atoms with E-state index < -0.39 is 20.1 Å². The zero-order valence-corrected chi connectivity index (χ0v) is 21.8. The summed E-state index contributed by atoms with van der Waals surface area (Å²) in [5, 5.41) is 14.8. The molecule has 2 heterocycles. The van der Waals surface area contributed by atoms with E-state index in [1.165, 1.54) is 0 Å². The molecule has 1 saturated heterocycles. The lowest BCUT2D eigenvalue weighted by Gasteiger charge is -2.34. The number of aliphatic hydroxyl groups is 1. The van der Waals surface area contributed by atoms with Gasteiger partial charge in [0.25, 0.3) is 0 Å². The maximum atomic E-state index is 13.4. The van der Waals surface area contributed by atoms with Crippen molar-refractivity contribution >= 4 is 27.4 Å². The Morgan fingerprint density at radius 2 is 1.89 bits per heavy atom. The van der Waals surface area contributed by atoms with Crippen molar-refractivity contribution in [3.8, 4) is 11.4 Å². The Labute approximate surface area is 216 Å². The Bertz CT molecular complexity index is 1300. The minimum Gasteiger partial charge on any atom is -0.394 e. The first-order chi connectivity index (χ1) is 17.8. The molecule has 4 aliphatic rings. The molecular weight excluding hydrogens is 494 g/mol. The molecule has 0 bridgehead atoms. The molecule has 1 aliphatic heterocycles. The van der Waals surface area contributed by atoms with Crippen LogP contribution in [0.15, 0.2) is 30.3 Å². The summed E-state index contributed by atoms with van der Waals surface area (Å²) in [5.74, 6) is 1.19. The fraction of sp³-hybridized carbons (Fsp3) is 0.577. The summed E-state index contributed by atoms with van der Waals surface area (Å²) < 4.78 is 31.5. The molecule has 6 rings (SSSR count). The molecular formula is C26H33N5O5S. The van der Waals surface area contributed by atoms with Gasteiger partial charge in [-0.1, -0.05) is 0 Å². The number of hydrogen-bond acceptors (Lipinski definition) is 8. The van der Waals surface area contributed by atoms with E-state index in [1.54, 1.807) is 12.1 Å². The van der Waals surface area contributed by atoms with Crippen LogP contribution in [0.3, 0.4) is 0 Å². The fourth-order valence-corrected chi connectivity index (χ4v) is 7.55. The minimum absolute atomic E-state index is 0.0743. The number of nitrogens with zero attached hydrogens (tertiary/aromatic N) is 3. The molecule has 198 valence electrons. The average Bonchev–Trinajstić information content (AvgIpc) is 3.76. The molecule has 0 radical (unpaired) electrons. The first-order valence-corrected chi connectivity index (χ1v) is 14.6. The first kappa shape index (κ1) is 24.6. The van der Waals surface area contributed by atoms with Gasteiger partial charge in [0.1, 0.15) is 10.6 Å². The molecule has 37 heavy (non-hydrogen) atoms. The van der Waals surface area contributed by atoms with Crippen molar-refractivity contribution in [2.75, 3.05) is 36.6 Å². The highest BCUT2D eigenvalue weighted by molar-refractivity contribution is 7.93. The van der Waals surface area contributed by atoms with E-state index in [-0.39, 0.29) is 23.9 Å². The van der Waals surface area contributed by atoms with Crippen molar-refractivity contribution in [3.63, 3.8) is 0 Å². The van der Waals surface area contributed by atoms with Crippen LogP contribution in [0.1, 0.15) is 51.1 Å². The average molecular weight is 528 g/mol. The zero-order valence-electron chi connectivity index (χ0n) is 20.9.